The van der Waals surface area contributed by atoms with Gasteiger partial charge in [-0.15, -0.1) is 0 Å². The first kappa shape index (κ1) is 21.2. The number of nitrogens with zero attached hydrogens (tertiary/aromatic N) is 6. The highest BCUT2D eigenvalue weighted by molar-refractivity contribution is 5.95. The molecule has 1 fully saturated rings. The molecular formula is C23H26N6O4. The molecule has 0 bridgehead atoms. The van der Waals surface area contributed by atoms with Crippen molar-refractivity contribution in [2.75, 3.05) is 31.6 Å². The second-order valence-corrected chi connectivity index (χ2v) is 8.37. The Balaban J connectivity index is 1.30. The van der Waals surface area contributed by atoms with Crippen LogP contribution in [0.5, 0.6) is 11.8 Å². The van der Waals surface area contributed by atoms with Crippen LogP contribution in [-0.4, -0.2) is 63.8 Å². The van der Waals surface area contributed by atoms with Crippen molar-refractivity contribution >= 4 is 11.6 Å². The van der Waals surface area contributed by atoms with Crippen LogP contribution in [-0.2, 0) is 13.0 Å². The molecule has 2 aliphatic rings. The molecule has 0 aromatic carbocycles. The summed E-state index contributed by atoms with van der Waals surface area (Å²) < 4.78 is 16.6. The third kappa shape index (κ3) is 4.08. The van der Waals surface area contributed by atoms with Crippen molar-refractivity contribution in [2.24, 2.45) is 0 Å². The van der Waals surface area contributed by atoms with Crippen molar-refractivity contribution in [3.63, 3.8) is 0 Å². The Kier molecular flexibility index (Phi) is 5.57. The predicted octanol–water partition coefficient (Wildman–Crippen LogP) is 2.34. The quantitative estimate of drug-likeness (QED) is 0.579. The minimum atomic E-state index is -0.131. The zero-order valence-electron chi connectivity index (χ0n) is 18.9. The van der Waals surface area contributed by atoms with Crippen molar-refractivity contribution in [2.45, 2.75) is 39.3 Å². The molecule has 0 radical (unpaired) electrons. The zero-order valence-corrected chi connectivity index (χ0v) is 18.9. The third-order valence-electron chi connectivity index (χ3n) is 6.23. The van der Waals surface area contributed by atoms with Gasteiger partial charge in [0.1, 0.15) is 23.8 Å². The van der Waals surface area contributed by atoms with E-state index < -0.39 is 0 Å². The largest absolute Gasteiger partial charge is 0.481 e. The molecule has 172 valence electrons. The predicted molar refractivity (Wildman–Crippen MR) is 118 cm³/mol. The van der Waals surface area contributed by atoms with Crippen molar-refractivity contribution in [3.05, 3.63) is 52.9 Å². The Morgan fingerprint density at radius 2 is 2.03 bits per heavy atom. The molecule has 2 aliphatic heterocycles. The van der Waals surface area contributed by atoms with E-state index in [-0.39, 0.29) is 12.0 Å². The average Bonchev–Trinajstić information content (AvgIpc) is 3.47. The summed E-state index contributed by atoms with van der Waals surface area (Å²) in [6.45, 7) is 6.30. The Morgan fingerprint density at radius 1 is 1.15 bits per heavy atom. The second kappa shape index (κ2) is 8.68. The highest BCUT2D eigenvalue weighted by Gasteiger charge is 2.32. The molecule has 1 atom stereocenters. The van der Waals surface area contributed by atoms with Crippen molar-refractivity contribution in [3.8, 4) is 11.8 Å². The third-order valence-corrected chi connectivity index (χ3v) is 6.23. The second-order valence-electron chi connectivity index (χ2n) is 8.37. The summed E-state index contributed by atoms with van der Waals surface area (Å²) in [6.07, 6.45) is 6.25. The lowest BCUT2D eigenvalue weighted by Gasteiger charge is -2.31. The number of carbonyl (C=O) groups excluding carboxylic acids is 1. The molecule has 10 nitrogen and oxygen atoms in total. The van der Waals surface area contributed by atoms with Crippen LogP contribution in [0.1, 0.15) is 39.4 Å². The molecular weight excluding hydrogens is 424 g/mol. The highest BCUT2D eigenvalue weighted by Crippen LogP contribution is 2.31. The number of rotatable bonds is 5. The van der Waals surface area contributed by atoms with Crippen LogP contribution in [0, 0.1) is 13.8 Å². The first-order valence-electron chi connectivity index (χ1n) is 11.0. The Morgan fingerprint density at radius 3 is 2.79 bits per heavy atom. The zero-order chi connectivity index (χ0) is 22.9. The van der Waals surface area contributed by atoms with Crippen LogP contribution in [0.25, 0.3) is 0 Å². The van der Waals surface area contributed by atoms with Gasteiger partial charge in [-0.3, -0.25) is 4.79 Å². The number of anilines is 1. The molecule has 0 spiro atoms. The molecule has 5 rings (SSSR count). The monoisotopic (exact) mass is 450 g/mol. The van der Waals surface area contributed by atoms with Crippen molar-refractivity contribution < 1.29 is 18.8 Å². The molecule has 0 unspecified atom stereocenters. The summed E-state index contributed by atoms with van der Waals surface area (Å²) >= 11 is 0. The number of aromatic nitrogens is 4. The van der Waals surface area contributed by atoms with E-state index in [2.05, 4.69) is 31.1 Å². The fourth-order valence-electron chi connectivity index (χ4n) is 4.41. The average molecular weight is 450 g/mol. The maximum Gasteiger partial charge on any atom is 0.259 e. The number of carbonyl (C=O) groups is 1. The molecule has 0 saturated carbocycles. The normalized spacial score (nSPS) is 17.7. The van der Waals surface area contributed by atoms with Crippen LogP contribution in [0.4, 0.5) is 5.69 Å². The summed E-state index contributed by atoms with van der Waals surface area (Å²) in [5, 5.41) is 3.71. The molecule has 3 aromatic rings. The summed E-state index contributed by atoms with van der Waals surface area (Å²) in [6, 6.07) is 2.08. The number of likely N-dealkylation sites (tertiary alicyclic amines) is 1. The standard InChI is InChI=1S/C23H26N6O4/c1-14-8-16(9-24-21(14)31-3)28-7-5-20-19(12-28)22(26-13-25-20)32-17-4-6-29(11-17)23(30)18-10-27-33-15(18)2/h8-10,13,17H,4-7,11-12H2,1-3H3/t17-/m0/s1. The van der Waals surface area contributed by atoms with Gasteiger partial charge in [-0.2, -0.15) is 0 Å². The molecule has 5 heterocycles. The number of pyridine rings is 1. The number of methoxy groups -OCH3 is 1. The van der Waals surface area contributed by atoms with E-state index in [1.165, 1.54) is 6.20 Å². The van der Waals surface area contributed by atoms with E-state index in [0.717, 1.165) is 41.9 Å². The van der Waals surface area contributed by atoms with Crippen LogP contribution in [0.2, 0.25) is 0 Å². The topological polar surface area (TPSA) is 107 Å². The number of hydrogen-bond donors (Lipinski definition) is 0. The van der Waals surface area contributed by atoms with E-state index in [4.69, 9.17) is 14.0 Å². The van der Waals surface area contributed by atoms with Gasteiger partial charge in [-0.05, 0) is 19.9 Å². The lowest BCUT2D eigenvalue weighted by molar-refractivity contribution is 0.0769. The van der Waals surface area contributed by atoms with Gasteiger partial charge < -0.3 is 23.8 Å². The van der Waals surface area contributed by atoms with Gasteiger partial charge in [-0.1, -0.05) is 5.16 Å². The smallest absolute Gasteiger partial charge is 0.259 e. The summed E-state index contributed by atoms with van der Waals surface area (Å²) in [7, 11) is 1.62. The number of ether oxygens (including phenoxy) is 2. The fraction of sp³-hybridized carbons (Fsp3) is 0.435. The first-order chi connectivity index (χ1) is 16.0. The van der Waals surface area contributed by atoms with Gasteiger partial charge in [0.2, 0.25) is 11.8 Å². The molecule has 10 heteroatoms. The maximum absolute atomic E-state index is 12.8. The molecule has 33 heavy (non-hydrogen) atoms. The van der Waals surface area contributed by atoms with E-state index in [1.54, 1.807) is 25.3 Å². The lowest BCUT2D eigenvalue weighted by Crippen LogP contribution is -2.33. The van der Waals surface area contributed by atoms with Crippen molar-refractivity contribution in [1.82, 2.24) is 25.0 Å². The Labute approximate surface area is 191 Å². The molecule has 0 N–H and O–H groups in total. The summed E-state index contributed by atoms with van der Waals surface area (Å²) in [5.41, 5.74) is 4.49. The number of amides is 1. The van der Waals surface area contributed by atoms with Gasteiger partial charge >= 0.3 is 0 Å². The van der Waals surface area contributed by atoms with Gasteiger partial charge in [0.15, 0.2) is 0 Å². The molecule has 0 aliphatic carbocycles. The van der Waals surface area contributed by atoms with E-state index >= 15 is 0 Å². The molecule has 1 saturated heterocycles. The minimum Gasteiger partial charge on any atom is -0.481 e. The van der Waals surface area contributed by atoms with E-state index in [0.29, 0.717) is 42.7 Å². The number of hydrogen-bond acceptors (Lipinski definition) is 9. The number of aryl methyl sites for hydroxylation is 2. The summed E-state index contributed by atoms with van der Waals surface area (Å²) in [4.78, 5) is 30.1. The SMILES string of the molecule is COc1ncc(N2CCc3ncnc(O[C@H]4CCN(C(=O)c5cnoc5C)C4)c3C2)cc1C. The fourth-order valence-corrected chi connectivity index (χ4v) is 4.41. The molecule has 1 amide bonds. The van der Waals surface area contributed by atoms with Gasteiger partial charge in [0.25, 0.3) is 5.91 Å². The van der Waals surface area contributed by atoms with Crippen LogP contribution in [0.3, 0.4) is 0 Å². The number of fused-ring (bicyclic) bond motifs is 1. The van der Waals surface area contributed by atoms with Crippen molar-refractivity contribution in [1.29, 1.82) is 0 Å². The van der Waals surface area contributed by atoms with E-state index in [9.17, 15) is 4.79 Å². The van der Waals surface area contributed by atoms with E-state index in [1.807, 2.05) is 13.1 Å². The molecule has 3 aromatic heterocycles. The van der Waals surface area contributed by atoms with Gasteiger partial charge in [0, 0.05) is 31.5 Å². The van der Waals surface area contributed by atoms with Crippen LogP contribution >= 0.6 is 0 Å². The Hall–Kier alpha value is -3.69. The maximum atomic E-state index is 12.8. The first-order valence-corrected chi connectivity index (χ1v) is 11.0. The Bertz CT molecular complexity index is 1180. The highest BCUT2D eigenvalue weighted by atomic mass is 16.5. The van der Waals surface area contributed by atoms with Crippen LogP contribution in [0.15, 0.2) is 29.3 Å². The van der Waals surface area contributed by atoms with Gasteiger partial charge in [0.05, 0.1) is 49.5 Å². The van der Waals surface area contributed by atoms with Gasteiger partial charge in [-0.25, -0.2) is 15.0 Å². The lowest BCUT2D eigenvalue weighted by atomic mass is 10.1. The summed E-state index contributed by atoms with van der Waals surface area (Å²) in [5.74, 6) is 1.66. The minimum absolute atomic E-state index is 0.0851. The van der Waals surface area contributed by atoms with Crippen LogP contribution < -0.4 is 14.4 Å².